The molecule has 2 aromatic carbocycles. The van der Waals surface area contributed by atoms with Crippen LogP contribution in [0.3, 0.4) is 0 Å². The molecule has 0 spiro atoms. The Hall–Kier alpha value is 0.0504. The summed E-state index contributed by atoms with van der Waals surface area (Å²) in [5.41, 5.74) is -2.20. The molecule has 0 aliphatic rings. The minimum absolute atomic E-state index is 0. The second-order valence-electron chi connectivity index (χ2n) is 4.37. The van der Waals surface area contributed by atoms with Crippen LogP contribution in [-0.2, 0) is 0 Å². The molecular formula is C12H21N4O15Pb5. The van der Waals surface area contributed by atoms with Gasteiger partial charge in [0.2, 0.25) is 0 Å². The number of phenols is 2. The summed E-state index contributed by atoms with van der Waals surface area (Å²) in [6.07, 6.45) is 0. The molecule has 12 N–H and O–H groups in total. The van der Waals surface area contributed by atoms with Crippen LogP contribution in [0.25, 0.3) is 0 Å². The summed E-state index contributed by atoms with van der Waals surface area (Å²) in [4.78, 5) is 37.5. The van der Waals surface area contributed by atoms with Crippen LogP contribution in [0, 0.1) is 40.5 Å². The van der Waals surface area contributed by atoms with Crippen LogP contribution in [0.2, 0.25) is 0 Å². The van der Waals surface area contributed by atoms with Gasteiger partial charge < -0.3 is 37.6 Å². The summed E-state index contributed by atoms with van der Waals surface area (Å²) >= 11 is 0. The number of nitro benzene ring substituents is 4. The Balaban J connectivity index is -0.0000000367. The number of benzene rings is 2. The van der Waals surface area contributed by atoms with Crippen LogP contribution < -0.4 is 0 Å². The van der Waals surface area contributed by atoms with Gasteiger partial charge in [-0.25, -0.2) is 0 Å². The molecule has 0 fully saturated rings. The van der Waals surface area contributed by atoms with Crippen molar-refractivity contribution >= 4 is 159 Å². The maximum absolute atomic E-state index is 10.2. The SMILES string of the molecule is O.O.O.O.O.O=[N+]([O-])c1ccc(O)c([N+](=O)[O-])c1.O=[N+]([O-])c1ccc(O)c([N+](=O)[O-])c1.[PbH].[PbH].[PbH].[Pb].[Pb]. The normalized spacial score (nSPS) is 6.89. The molecule has 2 rings (SSSR count). The smallest absolute Gasteiger partial charge is 0 e. The van der Waals surface area contributed by atoms with E-state index < -0.39 is 53.9 Å². The van der Waals surface area contributed by atoms with Gasteiger partial charge in [0.15, 0.2) is 11.5 Å². The number of hydrogen-bond acceptors (Lipinski definition) is 10. The third kappa shape index (κ3) is 21.0. The zero-order valence-corrected chi connectivity index (χ0v) is 38.9. The topological polar surface area (TPSA) is 371 Å². The number of nitrogens with zero attached hydrogens (tertiary/aromatic N) is 4. The van der Waals surface area contributed by atoms with Crippen molar-refractivity contribution in [3.63, 3.8) is 0 Å². The Morgan fingerprint density at radius 3 is 0.889 bits per heavy atom. The Kier molecular flexibility index (Phi) is 56.7. The molecule has 24 heteroatoms. The molecule has 0 saturated carbocycles. The maximum atomic E-state index is 10.2. The van der Waals surface area contributed by atoms with Crippen LogP contribution in [-0.4, -0.2) is 194 Å². The van der Waals surface area contributed by atoms with Crippen molar-refractivity contribution in [2.45, 2.75) is 0 Å². The Labute approximate surface area is 301 Å². The van der Waals surface area contributed by atoms with Crippen LogP contribution in [0.5, 0.6) is 11.5 Å². The van der Waals surface area contributed by atoms with Gasteiger partial charge in [-0.3, -0.25) is 40.5 Å². The predicted octanol–water partition coefficient (Wildman–Crippen LogP) is -4.41. The first-order valence-corrected chi connectivity index (χ1v) is 6.28. The van der Waals surface area contributed by atoms with Gasteiger partial charge in [-0.2, -0.15) is 0 Å². The summed E-state index contributed by atoms with van der Waals surface area (Å²) in [7, 11) is 0. The molecule has 0 aliphatic carbocycles. The first kappa shape index (κ1) is 65.3. The van der Waals surface area contributed by atoms with E-state index in [1.165, 1.54) is 0 Å². The molecule has 0 aliphatic heterocycles. The van der Waals surface area contributed by atoms with Crippen molar-refractivity contribution in [1.29, 1.82) is 0 Å². The van der Waals surface area contributed by atoms with E-state index in [1.54, 1.807) is 0 Å². The van der Waals surface area contributed by atoms with E-state index in [-0.39, 0.29) is 164 Å². The predicted molar refractivity (Wildman–Crippen MR) is 134 cm³/mol. The Morgan fingerprint density at radius 2 is 0.722 bits per heavy atom. The van der Waals surface area contributed by atoms with E-state index >= 15 is 0 Å². The summed E-state index contributed by atoms with van der Waals surface area (Å²) < 4.78 is 0. The summed E-state index contributed by atoms with van der Waals surface area (Å²) in [6.45, 7) is 0. The molecule has 19 nitrogen and oxygen atoms in total. The molecule has 0 bridgehead atoms. The van der Waals surface area contributed by atoms with Gasteiger partial charge >= 0.3 is 93.3 Å². The van der Waals surface area contributed by atoms with Gasteiger partial charge in [0, 0.05) is 66.7 Å². The average Bonchev–Trinajstić information content (AvgIpc) is 2.55. The van der Waals surface area contributed by atoms with E-state index in [9.17, 15) is 40.5 Å². The summed E-state index contributed by atoms with van der Waals surface area (Å²) in [5, 5.41) is 58.7. The van der Waals surface area contributed by atoms with Crippen molar-refractivity contribution in [3.8, 4) is 11.5 Å². The largest absolute Gasteiger partial charge is 0 e. The molecule has 0 heterocycles. The fraction of sp³-hybridized carbons (Fsp3) is 0. The van der Waals surface area contributed by atoms with Crippen molar-refractivity contribution < 1.29 is 57.3 Å². The minimum atomic E-state index is -0.887. The summed E-state index contributed by atoms with van der Waals surface area (Å²) in [5.74, 6) is -1.17. The Bertz CT molecular complexity index is 851. The van der Waals surface area contributed by atoms with Gasteiger partial charge in [0.05, 0.1) is 31.8 Å². The maximum Gasteiger partial charge on any atom is 0 e. The zero-order chi connectivity index (χ0) is 20.0. The van der Waals surface area contributed by atoms with Gasteiger partial charge in [-0.1, -0.05) is 0 Å². The fourth-order valence-corrected chi connectivity index (χ4v) is 1.54. The van der Waals surface area contributed by atoms with E-state index in [2.05, 4.69) is 0 Å². The average molecular weight is 1500 g/mol. The fourth-order valence-electron chi connectivity index (χ4n) is 1.54. The molecule has 0 saturated heterocycles. The number of rotatable bonds is 4. The number of non-ortho nitro benzene ring substituents is 2. The molecule has 36 heavy (non-hydrogen) atoms. The monoisotopic (exact) mass is 1500 g/mol. The molecule has 2 aromatic rings. The Morgan fingerprint density at radius 1 is 0.500 bits per heavy atom. The van der Waals surface area contributed by atoms with Crippen molar-refractivity contribution in [2.24, 2.45) is 0 Å². The standard InChI is InChI=1S/2C6H4N2O5.5H2O.5Pb.3H/c2*9-6-2-1-4(7(10)11)3-5(6)8(12)13;;;;;;;;;;;;;/h2*1-3,9H;5*1H2;;;;;;;;. The van der Waals surface area contributed by atoms with Crippen molar-refractivity contribution in [1.82, 2.24) is 0 Å². The molecule has 0 amide bonds. The quantitative estimate of drug-likeness (QED) is 0.168. The third-order valence-electron chi connectivity index (χ3n) is 2.73. The minimum Gasteiger partial charge on any atom is 0 e. The van der Waals surface area contributed by atoms with Gasteiger partial charge in [-0.15, -0.1) is 0 Å². The molecule has 0 aromatic heterocycles. The molecule has 17 radical (unpaired) electrons. The molecule has 199 valence electrons. The van der Waals surface area contributed by atoms with E-state index in [1.807, 2.05) is 0 Å². The number of hydrogen-bond donors (Lipinski definition) is 2. The van der Waals surface area contributed by atoms with E-state index in [0.29, 0.717) is 12.1 Å². The van der Waals surface area contributed by atoms with Crippen molar-refractivity contribution in [3.05, 3.63) is 76.9 Å². The van der Waals surface area contributed by atoms with Crippen LogP contribution in [0.1, 0.15) is 0 Å². The first-order valence-electron chi connectivity index (χ1n) is 6.28. The number of nitro groups is 4. The number of aromatic hydroxyl groups is 2. The van der Waals surface area contributed by atoms with Gasteiger partial charge in [0.1, 0.15) is 0 Å². The van der Waals surface area contributed by atoms with Gasteiger partial charge in [0.25, 0.3) is 11.4 Å². The van der Waals surface area contributed by atoms with Crippen molar-refractivity contribution in [2.75, 3.05) is 0 Å². The summed E-state index contributed by atoms with van der Waals surface area (Å²) in [6, 6.07) is 5.21. The third-order valence-corrected chi connectivity index (χ3v) is 2.73. The second-order valence-corrected chi connectivity index (χ2v) is 4.37. The molecule has 0 atom stereocenters. The first-order chi connectivity index (χ1) is 12.0. The second kappa shape index (κ2) is 31.3. The van der Waals surface area contributed by atoms with E-state index in [0.717, 1.165) is 24.3 Å². The molecule has 0 unspecified atom stereocenters. The van der Waals surface area contributed by atoms with Crippen LogP contribution in [0.15, 0.2) is 36.4 Å². The molecular weight excluding hydrogens is 1480 g/mol. The zero-order valence-electron chi connectivity index (χ0n) is 17.6. The van der Waals surface area contributed by atoms with Crippen LogP contribution >= 0.6 is 0 Å². The van der Waals surface area contributed by atoms with Gasteiger partial charge in [-0.05, 0) is 12.1 Å². The van der Waals surface area contributed by atoms with E-state index in [4.69, 9.17) is 10.2 Å². The van der Waals surface area contributed by atoms with Crippen LogP contribution in [0.4, 0.5) is 22.7 Å². The number of phenolic OH excluding ortho intramolecular Hbond substituents is 2.